The molecule has 0 spiro atoms. The normalized spacial score (nSPS) is 15.7. The number of nitrogens with one attached hydrogen (secondary N) is 3. The van der Waals surface area contributed by atoms with Crippen LogP contribution >= 0.6 is 0 Å². The Morgan fingerprint density at radius 3 is 2.23 bits per heavy atom. The number of benzene rings is 2. The summed E-state index contributed by atoms with van der Waals surface area (Å²) < 4.78 is 14.1. The number of carboxylic acid groups (broad SMARTS) is 1. The third-order valence-electron chi connectivity index (χ3n) is 6.95. The van der Waals surface area contributed by atoms with Gasteiger partial charge in [0.2, 0.25) is 0 Å². The van der Waals surface area contributed by atoms with Crippen molar-refractivity contribution in [3.8, 4) is 0 Å². The molecule has 0 aliphatic heterocycles. The fraction of sp³-hybridized carbons (Fsp3) is 0.444. The predicted molar refractivity (Wildman–Crippen MR) is 134 cm³/mol. The van der Waals surface area contributed by atoms with E-state index in [-0.39, 0.29) is 17.2 Å². The van der Waals surface area contributed by atoms with Crippen molar-refractivity contribution in [2.24, 2.45) is 5.92 Å². The summed E-state index contributed by atoms with van der Waals surface area (Å²) in [5, 5.41) is 17.9. The van der Waals surface area contributed by atoms with Gasteiger partial charge in [0.1, 0.15) is 11.4 Å². The highest BCUT2D eigenvalue weighted by molar-refractivity contribution is 6.08. The summed E-state index contributed by atoms with van der Waals surface area (Å²) in [6, 6.07) is 6.74. The molecule has 7 nitrogen and oxygen atoms in total. The van der Waals surface area contributed by atoms with E-state index in [9.17, 15) is 23.9 Å². The van der Waals surface area contributed by atoms with E-state index in [1.54, 1.807) is 0 Å². The van der Waals surface area contributed by atoms with Crippen molar-refractivity contribution in [3.05, 3.63) is 58.4 Å². The maximum atomic E-state index is 14.1. The van der Waals surface area contributed by atoms with E-state index in [1.807, 2.05) is 32.9 Å². The number of carbonyl (C=O) groups is 3. The molecular weight excluding hydrogens is 449 g/mol. The van der Waals surface area contributed by atoms with E-state index in [2.05, 4.69) is 16.0 Å². The highest BCUT2D eigenvalue weighted by Gasteiger charge is 2.43. The summed E-state index contributed by atoms with van der Waals surface area (Å²) >= 11 is 0. The van der Waals surface area contributed by atoms with E-state index >= 15 is 0 Å². The third-order valence-corrected chi connectivity index (χ3v) is 6.95. The number of carboxylic acids is 1. The topological polar surface area (TPSA) is 108 Å². The highest BCUT2D eigenvalue weighted by Crippen LogP contribution is 2.33. The van der Waals surface area contributed by atoms with Crippen LogP contribution in [0, 0.1) is 25.6 Å². The van der Waals surface area contributed by atoms with Gasteiger partial charge in [0.15, 0.2) is 0 Å². The van der Waals surface area contributed by atoms with Crippen molar-refractivity contribution in [1.82, 2.24) is 5.32 Å². The van der Waals surface area contributed by atoms with Gasteiger partial charge in [0, 0.05) is 5.69 Å². The van der Waals surface area contributed by atoms with Crippen LogP contribution < -0.4 is 16.0 Å². The number of aryl methyl sites for hydroxylation is 3. The molecule has 35 heavy (non-hydrogen) atoms. The summed E-state index contributed by atoms with van der Waals surface area (Å²) in [6.45, 7) is 7.34. The Labute approximate surface area is 205 Å². The molecule has 1 saturated carbocycles. The summed E-state index contributed by atoms with van der Waals surface area (Å²) in [7, 11) is 0. The molecule has 2 aromatic carbocycles. The lowest BCUT2D eigenvalue weighted by molar-refractivity contribution is -0.146. The zero-order chi connectivity index (χ0) is 25.8. The average Bonchev–Trinajstić information content (AvgIpc) is 2.81. The Morgan fingerprint density at radius 2 is 1.66 bits per heavy atom. The first-order chi connectivity index (χ1) is 16.5. The average molecular weight is 484 g/mol. The number of urea groups is 1. The monoisotopic (exact) mass is 483 g/mol. The minimum atomic E-state index is -1.47. The number of halogens is 1. The Hall–Kier alpha value is -3.42. The van der Waals surface area contributed by atoms with Gasteiger partial charge in [-0.1, -0.05) is 38.3 Å². The Morgan fingerprint density at radius 1 is 1.03 bits per heavy atom. The zero-order valence-corrected chi connectivity index (χ0v) is 20.8. The van der Waals surface area contributed by atoms with Gasteiger partial charge in [-0.15, -0.1) is 0 Å². The van der Waals surface area contributed by atoms with Crippen LogP contribution in [0.5, 0.6) is 0 Å². The van der Waals surface area contributed by atoms with Crippen LogP contribution in [-0.2, 0) is 11.2 Å². The van der Waals surface area contributed by atoms with Crippen LogP contribution in [0.3, 0.4) is 0 Å². The molecule has 1 aliphatic carbocycles. The van der Waals surface area contributed by atoms with E-state index in [1.165, 1.54) is 13.0 Å². The minimum Gasteiger partial charge on any atom is -0.480 e. The fourth-order valence-corrected chi connectivity index (χ4v) is 4.85. The molecule has 0 radical (unpaired) electrons. The van der Waals surface area contributed by atoms with Gasteiger partial charge in [-0.2, -0.15) is 0 Å². The van der Waals surface area contributed by atoms with Gasteiger partial charge in [-0.25, -0.2) is 14.0 Å². The lowest BCUT2D eigenvalue weighted by atomic mass is 9.75. The first-order valence-corrected chi connectivity index (χ1v) is 12.1. The minimum absolute atomic E-state index is 0.0143. The zero-order valence-electron chi connectivity index (χ0n) is 20.8. The second kappa shape index (κ2) is 10.9. The predicted octanol–water partition coefficient (Wildman–Crippen LogP) is 5.80. The molecule has 1 fully saturated rings. The molecule has 0 saturated heterocycles. The number of carbonyl (C=O) groups excluding carboxylic acids is 2. The Balaban J connectivity index is 1.83. The maximum absolute atomic E-state index is 14.1. The molecule has 2 aromatic rings. The molecule has 0 unspecified atom stereocenters. The van der Waals surface area contributed by atoms with Crippen molar-refractivity contribution in [1.29, 1.82) is 0 Å². The first kappa shape index (κ1) is 26.2. The van der Waals surface area contributed by atoms with Gasteiger partial charge in [0.25, 0.3) is 5.91 Å². The van der Waals surface area contributed by atoms with Crippen molar-refractivity contribution >= 4 is 29.3 Å². The number of hydrogen-bond acceptors (Lipinski definition) is 3. The van der Waals surface area contributed by atoms with Gasteiger partial charge in [-0.3, -0.25) is 4.79 Å². The number of amides is 3. The second-order valence-corrected chi connectivity index (χ2v) is 9.52. The lowest BCUT2D eigenvalue weighted by Crippen LogP contribution is -2.57. The van der Waals surface area contributed by atoms with Crippen LogP contribution in [0.2, 0.25) is 0 Å². The van der Waals surface area contributed by atoms with E-state index < -0.39 is 29.3 Å². The van der Waals surface area contributed by atoms with Crippen LogP contribution in [0.4, 0.5) is 20.6 Å². The molecule has 3 amide bonds. The second-order valence-electron chi connectivity index (χ2n) is 9.52. The molecule has 0 bridgehead atoms. The smallest absolute Gasteiger partial charge is 0.329 e. The van der Waals surface area contributed by atoms with E-state index in [4.69, 9.17) is 0 Å². The summed E-state index contributed by atoms with van der Waals surface area (Å²) in [5.74, 6) is -2.65. The molecule has 1 atom stereocenters. The largest absolute Gasteiger partial charge is 0.480 e. The lowest BCUT2D eigenvalue weighted by Gasteiger charge is -2.37. The summed E-state index contributed by atoms with van der Waals surface area (Å²) in [4.78, 5) is 38.1. The molecule has 4 N–H and O–H groups in total. The Kier molecular flexibility index (Phi) is 8.14. The third kappa shape index (κ3) is 5.99. The van der Waals surface area contributed by atoms with Crippen LogP contribution in [0.25, 0.3) is 0 Å². The van der Waals surface area contributed by atoms with E-state index in [0.29, 0.717) is 18.5 Å². The van der Waals surface area contributed by atoms with Crippen LogP contribution in [0.1, 0.15) is 73.0 Å². The van der Waals surface area contributed by atoms with Crippen molar-refractivity contribution in [2.45, 2.75) is 71.8 Å². The molecule has 0 aromatic heterocycles. The quantitative estimate of drug-likeness (QED) is 0.399. The van der Waals surface area contributed by atoms with Crippen LogP contribution in [-0.4, -0.2) is 28.6 Å². The van der Waals surface area contributed by atoms with Crippen LogP contribution in [0.15, 0.2) is 30.3 Å². The van der Waals surface area contributed by atoms with Gasteiger partial charge >= 0.3 is 12.0 Å². The van der Waals surface area contributed by atoms with Gasteiger partial charge in [0.05, 0.1) is 11.3 Å². The number of aliphatic carboxylic acids is 1. The van der Waals surface area contributed by atoms with Gasteiger partial charge < -0.3 is 21.1 Å². The standard InChI is InChI=1S/C27H34FN3O4/c1-5-18-13-16(2)23(17(3)14-18)30-26(35)29-22-15-20(28)11-12-21(22)24(32)31-27(4,25(33)34)19-9-7-6-8-10-19/h11-15,19H,5-10H2,1-4H3,(H,31,32)(H,33,34)(H2,29,30,35)/t27-/m0/s1. The summed E-state index contributed by atoms with van der Waals surface area (Å²) in [5.41, 5.74) is 2.03. The number of anilines is 2. The van der Waals surface area contributed by atoms with E-state index in [0.717, 1.165) is 54.5 Å². The Bertz CT molecular complexity index is 1100. The van der Waals surface area contributed by atoms with Crippen molar-refractivity contribution in [2.75, 3.05) is 10.6 Å². The maximum Gasteiger partial charge on any atom is 0.329 e. The molecule has 0 heterocycles. The highest BCUT2D eigenvalue weighted by atomic mass is 19.1. The molecule has 8 heteroatoms. The number of hydrogen-bond donors (Lipinski definition) is 4. The molecule has 1 aliphatic rings. The number of rotatable bonds is 7. The first-order valence-electron chi connectivity index (χ1n) is 12.1. The fourth-order valence-electron chi connectivity index (χ4n) is 4.85. The van der Waals surface area contributed by atoms with Crippen molar-refractivity contribution in [3.63, 3.8) is 0 Å². The SMILES string of the molecule is CCc1cc(C)c(NC(=O)Nc2cc(F)ccc2C(=O)N[C@](C)(C(=O)O)C2CCCCC2)c(C)c1. The molecular formula is C27H34FN3O4. The van der Waals surface area contributed by atoms with Gasteiger partial charge in [-0.05, 0) is 80.8 Å². The van der Waals surface area contributed by atoms with Crippen molar-refractivity contribution < 1.29 is 23.9 Å². The molecule has 3 rings (SSSR count). The molecule has 188 valence electrons. The summed E-state index contributed by atoms with van der Waals surface area (Å²) in [6.07, 6.45) is 5.13.